The van der Waals surface area contributed by atoms with Gasteiger partial charge in [0, 0.05) is 11.1 Å². The second kappa shape index (κ2) is 5.43. The average Bonchev–Trinajstić information content (AvgIpc) is 2.42. The summed E-state index contributed by atoms with van der Waals surface area (Å²) in [6.07, 6.45) is 1.64. The highest BCUT2D eigenvalue weighted by atomic mass is 35.5. The molecule has 5 heteroatoms. The maximum Gasteiger partial charge on any atom is 0.164 e. The standard InChI is InChI=1S/C16H12Cl2N2O/c1-9-2-3-15-10(4-9)5-12(8-20-15)21-16-13(17)6-11(19)7-14(16)18/h2-8H,19H2,1H3. The molecule has 0 aliphatic carbocycles. The number of benzene rings is 2. The largest absolute Gasteiger partial charge is 0.453 e. The summed E-state index contributed by atoms with van der Waals surface area (Å²) in [6, 6.07) is 11.1. The molecule has 21 heavy (non-hydrogen) atoms. The Morgan fingerprint density at radius 2 is 1.76 bits per heavy atom. The third kappa shape index (κ3) is 2.89. The van der Waals surface area contributed by atoms with Crippen LogP contribution in [-0.2, 0) is 0 Å². The van der Waals surface area contributed by atoms with E-state index < -0.39 is 0 Å². The first-order valence-corrected chi connectivity index (χ1v) is 7.07. The van der Waals surface area contributed by atoms with Crippen LogP contribution in [0.15, 0.2) is 42.6 Å². The van der Waals surface area contributed by atoms with Crippen molar-refractivity contribution in [2.24, 2.45) is 0 Å². The summed E-state index contributed by atoms with van der Waals surface area (Å²) < 4.78 is 5.76. The summed E-state index contributed by atoms with van der Waals surface area (Å²) in [5, 5.41) is 1.73. The highest BCUT2D eigenvalue weighted by Gasteiger charge is 2.10. The van der Waals surface area contributed by atoms with Crippen LogP contribution in [0.4, 0.5) is 5.69 Å². The summed E-state index contributed by atoms with van der Waals surface area (Å²) in [6.45, 7) is 2.03. The molecule has 3 nitrogen and oxygen atoms in total. The minimum Gasteiger partial charge on any atom is -0.453 e. The first-order valence-electron chi connectivity index (χ1n) is 6.32. The fourth-order valence-corrected chi connectivity index (χ4v) is 2.66. The van der Waals surface area contributed by atoms with Crippen molar-refractivity contribution in [3.05, 3.63) is 58.2 Å². The summed E-state index contributed by atoms with van der Waals surface area (Å²) in [5.41, 5.74) is 8.23. The zero-order chi connectivity index (χ0) is 15.0. The number of nitrogen functional groups attached to an aromatic ring is 1. The number of hydrogen-bond acceptors (Lipinski definition) is 3. The van der Waals surface area contributed by atoms with Gasteiger partial charge in [-0.3, -0.25) is 4.98 Å². The van der Waals surface area contributed by atoms with Crippen LogP contribution < -0.4 is 10.5 Å². The predicted octanol–water partition coefficient (Wildman–Crippen LogP) is 5.22. The number of nitrogens with zero attached hydrogens (tertiary/aromatic N) is 1. The van der Waals surface area contributed by atoms with Gasteiger partial charge in [-0.2, -0.15) is 0 Å². The minimum atomic E-state index is 0.365. The van der Waals surface area contributed by atoms with E-state index in [2.05, 4.69) is 4.98 Å². The Morgan fingerprint density at radius 1 is 1.05 bits per heavy atom. The number of anilines is 1. The second-order valence-electron chi connectivity index (χ2n) is 4.78. The molecule has 0 saturated carbocycles. The maximum absolute atomic E-state index is 6.12. The number of halogens is 2. The van der Waals surface area contributed by atoms with E-state index >= 15 is 0 Å². The molecular weight excluding hydrogens is 307 g/mol. The van der Waals surface area contributed by atoms with Crippen LogP contribution in [-0.4, -0.2) is 4.98 Å². The zero-order valence-corrected chi connectivity index (χ0v) is 12.7. The number of fused-ring (bicyclic) bond motifs is 1. The molecule has 0 amide bonds. The minimum absolute atomic E-state index is 0.365. The van der Waals surface area contributed by atoms with Crippen molar-refractivity contribution in [1.82, 2.24) is 4.98 Å². The number of nitrogens with two attached hydrogens (primary N) is 1. The van der Waals surface area contributed by atoms with Crippen molar-refractivity contribution >= 4 is 39.8 Å². The molecule has 0 bridgehead atoms. The van der Waals surface area contributed by atoms with Gasteiger partial charge in [-0.25, -0.2) is 0 Å². The van der Waals surface area contributed by atoms with Crippen molar-refractivity contribution in [3.63, 3.8) is 0 Å². The molecule has 2 N–H and O–H groups in total. The van der Waals surface area contributed by atoms with Crippen LogP contribution in [0.5, 0.6) is 11.5 Å². The molecule has 0 aliphatic heterocycles. The zero-order valence-electron chi connectivity index (χ0n) is 11.2. The lowest BCUT2D eigenvalue weighted by molar-refractivity contribution is 0.482. The highest BCUT2D eigenvalue weighted by Crippen LogP contribution is 2.38. The van der Waals surface area contributed by atoms with Crippen LogP contribution in [0.3, 0.4) is 0 Å². The lowest BCUT2D eigenvalue weighted by Crippen LogP contribution is -1.91. The van der Waals surface area contributed by atoms with Gasteiger partial charge in [0.05, 0.1) is 21.8 Å². The van der Waals surface area contributed by atoms with Crippen LogP contribution in [0.25, 0.3) is 10.9 Å². The van der Waals surface area contributed by atoms with Crippen LogP contribution in [0.2, 0.25) is 10.0 Å². The lowest BCUT2D eigenvalue weighted by Gasteiger charge is -2.10. The Kier molecular flexibility index (Phi) is 3.62. The van der Waals surface area contributed by atoms with Crippen LogP contribution in [0.1, 0.15) is 5.56 Å². The molecule has 0 saturated heterocycles. The Labute approximate surface area is 132 Å². The summed E-state index contributed by atoms with van der Waals surface area (Å²) in [5.74, 6) is 0.947. The first kappa shape index (κ1) is 14.0. The van der Waals surface area contributed by atoms with E-state index in [9.17, 15) is 0 Å². The van der Waals surface area contributed by atoms with E-state index in [-0.39, 0.29) is 0 Å². The Bertz CT molecular complexity index is 811. The second-order valence-corrected chi connectivity index (χ2v) is 5.60. The van der Waals surface area contributed by atoms with Crippen molar-refractivity contribution in [2.75, 3.05) is 5.73 Å². The smallest absolute Gasteiger partial charge is 0.164 e. The van der Waals surface area contributed by atoms with Gasteiger partial charge in [-0.05, 0) is 37.3 Å². The lowest BCUT2D eigenvalue weighted by atomic mass is 10.1. The number of hydrogen-bond donors (Lipinski definition) is 1. The third-order valence-corrected chi connectivity index (χ3v) is 3.61. The monoisotopic (exact) mass is 318 g/mol. The maximum atomic E-state index is 6.12. The SMILES string of the molecule is Cc1ccc2ncc(Oc3c(Cl)cc(N)cc3Cl)cc2c1. The van der Waals surface area contributed by atoms with Crippen molar-refractivity contribution in [3.8, 4) is 11.5 Å². The van der Waals surface area contributed by atoms with E-state index in [4.69, 9.17) is 33.7 Å². The van der Waals surface area contributed by atoms with Crippen molar-refractivity contribution < 1.29 is 4.74 Å². The van der Waals surface area contributed by atoms with Gasteiger partial charge < -0.3 is 10.5 Å². The van der Waals surface area contributed by atoms with Gasteiger partial charge in [0.25, 0.3) is 0 Å². The summed E-state index contributed by atoms with van der Waals surface area (Å²) in [7, 11) is 0. The Morgan fingerprint density at radius 3 is 2.48 bits per heavy atom. The molecule has 0 atom stereocenters. The highest BCUT2D eigenvalue weighted by molar-refractivity contribution is 6.37. The molecule has 3 rings (SSSR count). The quantitative estimate of drug-likeness (QED) is 0.658. The van der Waals surface area contributed by atoms with Gasteiger partial charge in [0.15, 0.2) is 5.75 Å². The molecule has 0 unspecified atom stereocenters. The summed E-state index contributed by atoms with van der Waals surface area (Å²) >= 11 is 12.2. The Hall–Kier alpha value is -1.97. The van der Waals surface area contributed by atoms with Gasteiger partial charge >= 0.3 is 0 Å². The van der Waals surface area contributed by atoms with Gasteiger partial charge in [0.2, 0.25) is 0 Å². The van der Waals surface area contributed by atoms with Crippen LogP contribution in [0, 0.1) is 6.92 Å². The predicted molar refractivity (Wildman–Crippen MR) is 87.4 cm³/mol. The average molecular weight is 319 g/mol. The topological polar surface area (TPSA) is 48.1 Å². The fraction of sp³-hybridized carbons (Fsp3) is 0.0625. The molecule has 0 radical (unpaired) electrons. The first-order chi connectivity index (χ1) is 10.0. The molecule has 3 aromatic rings. The molecule has 0 spiro atoms. The molecule has 106 valence electrons. The van der Waals surface area contributed by atoms with E-state index in [1.54, 1.807) is 18.3 Å². The van der Waals surface area contributed by atoms with Gasteiger partial charge in [0.1, 0.15) is 5.75 Å². The Balaban J connectivity index is 2.02. The van der Waals surface area contributed by atoms with Crippen molar-refractivity contribution in [1.29, 1.82) is 0 Å². The third-order valence-electron chi connectivity index (χ3n) is 3.05. The normalized spacial score (nSPS) is 10.8. The van der Waals surface area contributed by atoms with E-state index in [0.717, 1.165) is 16.5 Å². The molecule has 0 aliphatic rings. The number of rotatable bonds is 2. The fourth-order valence-electron chi connectivity index (χ4n) is 2.08. The molecule has 1 aromatic heterocycles. The summed E-state index contributed by atoms with van der Waals surface area (Å²) in [4.78, 5) is 4.36. The number of ether oxygens (including phenoxy) is 1. The molecular formula is C16H12Cl2N2O. The number of pyridine rings is 1. The van der Waals surface area contributed by atoms with E-state index in [1.807, 2.05) is 31.2 Å². The molecule has 0 fully saturated rings. The van der Waals surface area contributed by atoms with Gasteiger partial charge in [-0.1, -0.05) is 34.8 Å². The van der Waals surface area contributed by atoms with E-state index in [1.165, 1.54) is 0 Å². The van der Waals surface area contributed by atoms with E-state index in [0.29, 0.717) is 27.2 Å². The molecule has 1 heterocycles. The van der Waals surface area contributed by atoms with Crippen LogP contribution >= 0.6 is 23.2 Å². The number of aryl methyl sites for hydroxylation is 1. The van der Waals surface area contributed by atoms with Gasteiger partial charge in [-0.15, -0.1) is 0 Å². The number of aromatic nitrogens is 1. The van der Waals surface area contributed by atoms with Crippen molar-refractivity contribution in [2.45, 2.75) is 6.92 Å². The molecule has 2 aromatic carbocycles.